The van der Waals surface area contributed by atoms with Gasteiger partial charge in [-0.05, 0) is 12.1 Å². The Labute approximate surface area is 90.9 Å². The molecule has 1 N–H and O–H groups in total. The van der Waals surface area contributed by atoms with E-state index in [1.165, 1.54) is 16.8 Å². The third kappa shape index (κ3) is 1.67. The molecule has 0 bridgehead atoms. The smallest absolute Gasteiger partial charge is 0.339 e. The van der Waals surface area contributed by atoms with Crippen molar-refractivity contribution in [1.29, 1.82) is 0 Å². The Hall–Kier alpha value is -2.17. The van der Waals surface area contributed by atoms with E-state index in [0.717, 1.165) is 6.07 Å². The lowest BCUT2D eigenvalue weighted by Crippen LogP contribution is -2.03. The fourth-order valence-electron chi connectivity index (χ4n) is 1.51. The number of halogens is 1. The van der Waals surface area contributed by atoms with Crippen molar-refractivity contribution in [2.75, 3.05) is 0 Å². The minimum absolute atomic E-state index is 0.285. The summed E-state index contributed by atoms with van der Waals surface area (Å²) in [5.41, 5.74) is 0.383. The normalized spacial score (nSPS) is 10.4. The number of benzene rings is 1. The Morgan fingerprint density at radius 3 is 2.75 bits per heavy atom. The van der Waals surface area contributed by atoms with Gasteiger partial charge in [0, 0.05) is 18.8 Å². The third-order valence-corrected chi connectivity index (χ3v) is 2.22. The van der Waals surface area contributed by atoms with Gasteiger partial charge in [-0.2, -0.15) is 5.10 Å². The molecule has 5 heteroatoms. The van der Waals surface area contributed by atoms with Gasteiger partial charge in [-0.3, -0.25) is 4.68 Å². The summed E-state index contributed by atoms with van der Waals surface area (Å²) in [5, 5.41) is 13.0. The second kappa shape index (κ2) is 3.77. The molecule has 2 rings (SSSR count). The van der Waals surface area contributed by atoms with Crippen LogP contribution in [0.1, 0.15) is 10.4 Å². The summed E-state index contributed by atoms with van der Waals surface area (Å²) < 4.78 is 14.9. The number of aromatic nitrogens is 2. The summed E-state index contributed by atoms with van der Waals surface area (Å²) in [6, 6.07) is 5.76. The maximum Gasteiger partial charge on any atom is 0.339 e. The summed E-state index contributed by atoms with van der Waals surface area (Å²) in [4.78, 5) is 10.9. The number of carbonyl (C=O) groups is 1. The van der Waals surface area contributed by atoms with Crippen LogP contribution in [0.25, 0.3) is 11.3 Å². The van der Waals surface area contributed by atoms with Gasteiger partial charge in [-0.15, -0.1) is 0 Å². The van der Waals surface area contributed by atoms with Crippen LogP contribution in [0.3, 0.4) is 0 Å². The summed E-state index contributed by atoms with van der Waals surface area (Å²) in [6.07, 6.45) is 1.67. The minimum Gasteiger partial charge on any atom is -0.478 e. The van der Waals surface area contributed by atoms with Crippen LogP contribution in [0.15, 0.2) is 30.5 Å². The first-order valence-corrected chi connectivity index (χ1v) is 4.61. The van der Waals surface area contributed by atoms with Crippen LogP contribution in [0.4, 0.5) is 4.39 Å². The molecule has 0 radical (unpaired) electrons. The Morgan fingerprint density at radius 1 is 1.44 bits per heavy atom. The number of nitrogens with zero attached hydrogens (tertiary/aromatic N) is 2. The second-order valence-corrected chi connectivity index (χ2v) is 3.34. The van der Waals surface area contributed by atoms with E-state index in [1.54, 1.807) is 19.3 Å². The van der Waals surface area contributed by atoms with Crippen LogP contribution in [0.5, 0.6) is 0 Å². The van der Waals surface area contributed by atoms with Crippen molar-refractivity contribution >= 4 is 5.97 Å². The number of rotatable bonds is 2. The number of hydrogen-bond donors (Lipinski definition) is 1. The van der Waals surface area contributed by atoms with E-state index in [0.29, 0.717) is 5.69 Å². The van der Waals surface area contributed by atoms with Crippen molar-refractivity contribution < 1.29 is 14.3 Å². The number of hydrogen-bond acceptors (Lipinski definition) is 2. The Kier molecular flexibility index (Phi) is 2.44. The molecule has 82 valence electrons. The van der Waals surface area contributed by atoms with E-state index in [-0.39, 0.29) is 11.1 Å². The van der Waals surface area contributed by atoms with Gasteiger partial charge in [0.25, 0.3) is 0 Å². The van der Waals surface area contributed by atoms with Crippen LogP contribution in [0, 0.1) is 5.82 Å². The first-order valence-electron chi connectivity index (χ1n) is 4.61. The highest BCUT2D eigenvalue weighted by molar-refractivity contribution is 5.95. The Bertz CT molecular complexity index is 549. The number of carboxylic acids is 1. The molecule has 0 aliphatic rings. The predicted octanol–water partition coefficient (Wildman–Crippen LogP) is 1.92. The zero-order valence-corrected chi connectivity index (χ0v) is 8.51. The van der Waals surface area contributed by atoms with Crippen LogP contribution in [-0.2, 0) is 7.05 Å². The zero-order chi connectivity index (χ0) is 11.7. The van der Waals surface area contributed by atoms with Gasteiger partial charge in [-0.25, -0.2) is 9.18 Å². The fourth-order valence-corrected chi connectivity index (χ4v) is 1.51. The lowest BCUT2D eigenvalue weighted by atomic mass is 10.0. The summed E-state index contributed by atoms with van der Waals surface area (Å²) in [6.45, 7) is 0. The molecule has 0 fully saturated rings. The molecular formula is C11H9FN2O2. The highest BCUT2D eigenvalue weighted by Crippen LogP contribution is 2.24. The lowest BCUT2D eigenvalue weighted by molar-refractivity contribution is 0.0693. The lowest BCUT2D eigenvalue weighted by Gasteiger charge is -2.03. The third-order valence-electron chi connectivity index (χ3n) is 2.22. The first kappa shape index (κ1) is 10.4. The first-order chi connectivity index (χ1) is 7.59. The van der Waals surface area contributed by atoms with Crippen molar-refractivity contribution in [3.8, 4) is 11.3 Å². The molecule has 16 heavy (non-hydrogen) atoms. The topological polar surface area (TPSA) is 55.1 Å². The van der Waals surface area contributed by atoms with Crippen molar-refractivity contribution in [3.63, 3.8) is 0 Å². The van der Waals surface area contributed by atoms with Gasteiger partial charge in [0.2, 0.25) is 0 Å². The molecule has 0 atom stereocenters. The Morgan fingerprint density at radius 2 is 2.19 bits per heavy atom. The van der Waals surface area contributed by atoms with Gasteiger partial charge in [0.1, 0.15) is 11.4 Å². The SMILES string of the molecule is Cn1ccc(-c2cccc(F)c2C(=O)O)n1. The number of aryl methyl sites for hydroxylation is 1. The maximum absolute atomic E-state index is 13.4. The van der Waals surface area contributed by atoms with Crippen molar-refractivity contribution in [2.45, 2.75) is 0 Å². The maximum atomic E-state index is 13.4. The molecule has 1 aromatic carbocycles. The quantitative estimate of drug-likeness (QED) is 0.841. The van der Waals surface area contributed by atoms with Crippen LogP contribution in [-0.4, -0.2) is 20.9 Å². The number of aromatic carboxylic acids is 1. The molecule has 2 aromatic rings. The zero-order valence-electron chi connectivity index (χ0n) is 8.51. The predicted molar refractivity (Wildman–Crippen MR) is 55.6 cm³/mol. The largest absolute Gasteiger partial charge is 0.478 e. The average Bonchev–Trinajstić information content (AvgIpc) is 2.63. The highest BCUT2D eigenvalue weighted by atomic mass is 19.1. The molecule has 0 unspecified atom stereocenters. The van der Waals surface area contributed by atoms with E-state index in [2.05, 4.69) is 5.10 Å². The van der Waals surface area contributed by atoms with Gasteiger partial charge < -0.3 is 5.11 Å². The summed E-state index contributed by atoms with van der Waals surface area (Å²) >= 11 is 0. The van der Waals surface area contributed by atoms with Crippen molar-refractivity contribution in [1.82, 2.24) is 9.78 Å². The molecule has 4 nitrogen and oxygen atoms in total. The summed E-state index contributed by atoms with van der Waals surface area (Å²) in [5.74, 6) is -2.05. The monoisotopic (exact) mass is 220 g/mol. The van der Waals surface area contributed by atoms with Crippen molar-refractivity contribution in [2.24, 2.45) is 7.05 Å². The van der Waals surface area contributed by atoms with E-state index < -0.39 is 11.8 Å². The number of carboxylic acid groups (broad SMARTS) is 1. The van der Waals surface area contributed by atoms with Gasteiger partial charge in [0.15, 0.2) is 0 Å². The molecule has 0 amide bonds. The van der Waals surface area contributed by atoms with Crippen LogP contribution >= 0.6 is 0 Å². The highest BCUT2D eigenvalue weighted by Gasteiger charge is 2.17. The molecule has 0 saturated heterocycles. The van der Waals surface area contributed by atoms with Gasteiger partial charge in [-0.1, -0.05) is 12.1 Å². The molecule has 0 saturated carbocycles. The van der Waals surface area contributed by atoms with E-state index in [1.807, 2.05) is 0 Å². The van der Waals surface area contributed by atoms with E-state index in [9.17, 15) is 9.18 Å². The van der Waals surface area contributed by atoms with Gasteiger partial charge in [0.05, 0.1) is 5.69 Å². The van der Waals surface area contributed by atoms with E-state index in [4.69, 9.17) is 5.11 Å². The van der Waals surface area contributed by atoms with Crippen LogP contribution < -0.4 is 0 Å². The average molecular weight is 220 g/mol. The second-order valence-electron chi connectivity index (χ2n) is 3.34. The fraction of sp³-hybridized carbons (Fsp3) is 0.0909. The molecule has 1 heterocycles. The molecule has 1 aromatic heterocycles. The molecule has 0 aliphatic heterocycles. The minimum atomic E-state index is -1.29. The molecule has 0 spiro atoms. The molecule has 0 aliphatic carbocycles. The summed E-state index contributed by atoms with van der Waals surface area (Å²) in [7, 11) is 1.71. The standard InChI is InChI=1S/C11H9FN2O2/c1-14-6-5-9(13-14)7-3-2-4-8(12)10(7)11(15)16/h2-6H,1H3,(H,15,16). The van der Waals surface area contributed by atoms with E-state index >= 15 is 0 Å². The Balaban J connectivity index is 2.65. The van der Waals surface area contributed by atoms with Gasteiger partial charge >= 0.3 is 5.97 Å². The van der Waals surface area contributed by atoms with Crippen LogP contribution in [0.2, 0.25) is 0 Å². The molecular weight excluding hydrogens is 211 g/mol. The van der Waals surface area contributed by atoms with Crippen molar-refractivity contribution in [3.05, 3.63) is 41.8 Å².